The standard InChI is InChI=1S/C21H20N2O3/c22-11-14-4-7-17(8-5-14)26-18-3-1-2-15(10-18)21(25)23-12-16-6-9-20(24)19(16)13-23/h1-5,7-8,10,16,19-20,24H,6,9,12-13H2. The number of hydrogen-bond acceptors (Lipinski definition) is 4. The first-order chi connectivity index (χ1) is 12.6. The third-order valence-corrected chi connectivity index (χ3v) is 5.41. The Morgan fingerprint density at radius 3 is 2.65 bits per heavy atom. The molecule has 1 saturated heterocycles. The molecule has 26 heavy (non-hydrogen) atoms. The van der Waals surface area contributed by atoms with Crippen LogP contribution in [0.5, 0.6) is 11.5 Å². The smallest absolute Gasteiger partial charge is 0.254 e. The average molecular weight is 348 g/mol. The van der Waals surface area contributed by atoms with E-state index < -0.39 is 0 Å². The lowest BCUT2D eigenvalue weighted by Gasteiger charge is -2.19. The van der Waals surface area contributed by atoms with Crippen LogP contribution in [0.25, 0.3) is 0 Å². The van der Waals surface area contributed by atoms with Gasteiger partial charge in [-0.25, -0.2) is 0 Å². The monoisotopic (exact) mass is 348 g/mol. The van der Waals surface area contributed by atoms with Gasteiger partial charge in [-0.3, -0.25) is 4.79 Å². The molecule has 1 amide bonds. The number of hydrogen-bond donors (Lipinski definition) is 1. The number of fused-ring (bicyclic) bond motifs is 1. The van der Waals surface area contributed by atoms with Crippen molar-refractivity contribution in [3.05, 3.63) is 59.7 Å². The van der Waals surface area contributed by atoms with E-state index in [-0.39, 0.29) is 17.9 Å². The van der Waals surface area contributed by atoms with Crippen molar-refractivity contribution in [2.75, 3.05) is 13.1 Å². The Bertz CT molecular complexity index is 856. The van der Waals surface area contributed by atoms with E-state index in [1.165, 1.54) is 0 Å². The molecule has 132 valence electrons. The predicted octanol–water partition coefficient (Wildman–Crippen LogP) is 3.19. The lowest BCUT2D eigenvalue weighted by atomic mass is 10.00. The topological polar surface area (TPSA) is 73.6 Å². The number of ether oxygens (including phenoxy) is 1. The van der Waals surface area contributed by atoms with E-state index in [4.69, 9.17) is 10.00 Å². The average Bonchev–Trinajstić information content (AvgIpc) is 3.24. The van der Waals surface area contributed by atoms with Crippen molar-refractivity contribution in [3.8, 4) is 17.6 Å². The second-order valence-corrected chi connectivity index (χ2v) is 7.04. The number of nitriles is 1. The molecule has 0 aromatic heterocycles. The molecule has 1 aliphatic carbocycles. The predicted molar refractivity (Wildman–Crippen MR) is 95.8 cm³/mol. The first kappa shape index (κ1) is 16.6. The van der Waals surface area contributed by atoms with Gasteiger partial charge in [-0.05, 0) is 61.2 Å². The number of carbonyl (C=O) groups is 1. The Morgan fingerprint density at radius 2 is 1.92 bits per heavy atom. The van der Waals surface area contributed by atoms with Crippen molar-refractivity contribution in [1.82, 2.24) is 4.90 Å². The number of carbonyl (C=O) groups excluding carboxylic acids is 1. The van der Waals surface area contributed by atoms with Gasteiger partial charge in [-0.1, -0.05) is 6.07 Å². The van der Waals surface area contributed by atoms with Crippen molar-refractivity contribution in [2.24, 2.45) is 11.8 Å². The van der Waals surface area contributed by atoms with Crippen LogP contribution < -0.4 is 4.74 Å². The molecule has 1 saturated carbocycles. The molecule has 1 aliphatic heterocycles. The molecular weight excluding hydrogens is 328 g/mol. The maximum Gasteiger partial charge on any atom is 0.254 e. The van der Waals surface area contributed by atoms with Gasteiger partial charge in [0.25, 0.3) is 5.91 Å². The van der Waals surface area contributed by atoms with Crippen LogP contribution >= 0.6 is 0 Å². The summed E-state index contributed by atoms with van der Waals surface area (Å²) in [5.41, 5.74) is 1.16. The van der Waals surface area contributed by atoms with Crippen LogP contribution in [-0.2, 0) is 0 Å². The van der Waals surface area contributed by atoms with Crippen LogP contribution in [0.4, 0.5) is 0 Å². The quantitative estimate of drug-likeness (QED) is 0.924. The molecule has 0 radical (unpaired) electrons. The van der Waals surface area contributed by atoms with Crippen molar-refractivity contribution < 1.29 is 14.6 Å². The molecule has 1 heterocycles. The summed E-state index contributed by atoms with van der Waals surface area (Å²) in [5, 5.41) is 18.9. The number of nitrogens with zero attached hydrogens (tertiary/aromatic N) is 2. The number of rotatable bonds is 3. The summed E-state index contributed by atoms with van der Waals surface area (Å²) in [6, 6.07) is 16.1. The van der Waals surface area contributed by atoms with Crippen LogP contribution in [-0.4, -0.2) is 35.1 Å². The zero-order valence-corrected chi connectivity index (χ0v) is 14.3. The zero-order valence-electron chi connectivity index (χ0n) is 14.3. The Kier molecular flexibility index (Phi) is 4.36. The van der Waals surface area contributed by atoms with Gasteiger partial charge in [0.1, 0.15) is 11.5 Å². The summed E-state index contributed by atoms with van der Waals surface area (Å²) in [6.45, 7) is 1.35. The van der Waals surface area contributed by atoms with Gasteiger partial charge >= 0.3 is 0 Å². The van der Waals surface area contributed by atoms with Crippen molar-refractivity contribution in [3.63, 3.8) is 0 Å². The van der Waals surface area contributed by atoms with Crippen LogP contribution in [0.2, 0.25) is 0 Å². The molecule has 5 nitrogen and oxygen atoms in total. The van der Waals surface area contributed by atoms with Crippen molar-refractivity contribution in [1.29, 1.82) is 5.26 Å². The summed E-state index contributed by atoms with van der Waals surface area (Å²) >= 11 is 0. The first-order valence-electron chi connectivity index (χ1n) is 8.89. The minimum Gasteiger partial charge on any atom is -0.457 e. The van der Waals surface area contributed by atoms with Gasteiger partial charge in [-0.2, -0.15) is 5.26 Å². The highest BCUT2D eigenvalue weighted by Gasteiger charge is 2.43. The van der Waals surface area contributed by atoms with Gasteiger partial charge in [0.2, 0.25) is 0 Å². The number of aliphatic hydroxyl groups excluding tert-OH is 1. The molecule has 0 bridgehead atoms. The van der Waals surface area contributed by atoms with Crippen LogP contribution in [0.15, 0.2) is 48.5 Å². The normalized spacial score (nSPS) is 24.2. The molecule has 2 aromatic rings. The lowest BCUT2D eigenvalue weighted by molar-refractivity contribution is 0.0752. The van der Waals surface area contributed by atoms with E-state index in [9.17, 15) is 9.90 Å². The number of aliphatic hydroxyl groups is 1. The van der Waals surface area contributed by atoms with Gasteiger partial charge in [0.05, 0.1) is 17.7 Å². The van der Waals surface area contributed by atoms with E-state index in [1.54, 1.807) is 48.5 Å². The lowest BCUT2D eigenvalue weighted by Crippen LogP contribution is -2.31. The largest absolute Gasteiger partial charge is 0.457 e. The van der Waals surface area contributed by atoms with E-state index in [0.29, 0.717) is 35.1 Å². The minimum atomic E-state index is -0.274. The summed E-state index contributed by atoms with van der Waals surface area (Å²) < 4.78 is 5.80. The van der Waals surface area contributed by atoms with Crippen LogP contribution in [0.3, 0.4) is 0 Å². The third kappa shape index (κ3) is 3.16. The summed E-state index contributed by atoms with van der Waals surface area (Å²) in [4.78, 5) is 14.7. The fourth-order valence-electron chi connectivity index (χ4n) is 4.01. The highest BCUT2D eigenvalue weighted by atomic mass is 16.5. The van der Waals surface area contributed by atoms with Crippen LogP contribution in [0.1, 0.15) is 28.8 Å². The molecule has 1 N–H and O–H groups in total. The first-order valence-corrected chi connectivity index (χ1v) is 8.89. The van der Waals surface area contributed by atoms with E-state index in [1.807, 2.05) is 4.90 Å². The maximum atomic E-state index is 12.8. The van der Waals surface area contributed by atoms with Crippen molar-refractivity contribution in [2.45, 2.75) is 18.9 Å². The molecule has 2 aromatic carbocycles. The van der Waals surface area contributed by atoms with Gasteiger partial charge in [-0.15, -0.1) is 0 Å². The summed E-state index contributed by atoms with van der Waals surface area (Å²) in [6.07, 6.45) is 1.58. The number of likely N-dealkylation sites (tertiary alicyclic amines) is 1. The maximum absolute atomic E-state index is 12.8. The fraction of sp³-hybridized carbons (Fsp3) is 0.333. The highest BCUT2D eigenvalue weighted by molar-refractivity contribution is 5.94. The van der Waals surface area contributed by atoms with Gasteiger partial charge < -0.3 is 14.7 Å². The molecule has 3 unspecified atom stereocenters. The highest BCUT2D eigenvalue weighted by Crippen LogP contribution is 2.38. The Hall–Kier alpha value is -2.84. The number of benzene rings is 2. The Balaban J connectivity index is 1.47. The van der Waals surface area contributed by atoms with E-state index >= 15 is 0 Å². The SMILES string of the molecule is N#Cc1ccc(Oc2cccc(C(=O)N3CC4CCC(O)C4C3)c2)cc1. The third-order valence-electron chi connectivity index (χ3n) is 5.41. The van der Waals surface area contributed by atoms with Crippen LogP contribution in [0, 0.1) is 23.2 Å². The minimum absolute atomic E-state index is 0.0168. The summed E-state index contributed by atoms with van der Waals surface area (Å²) in [7, 11) is 0. The molecule has 0 spiro atoms. The second-order valence-electron chi connectivity index (χ2n) is 7.04. The molecule has 3 atom stereocenters. The molecule has 4 rings (SSSR count). The van der Waals surface area contributed by atoms with E-state index in [2.05, 4.69) is 6.07 Å². The summed E-state index contributed by atoms with van der Waals surface area (Å²) in [5.74, 6) is 1.83. The van der Waals surface area contributed by atoms with Gasteiger partial charge in [0, 0.05) is 24.6 Å². The zero-order chi connectivity index (χ0) is 18.1. The molecule has 5 heteroatoms. The molecular formula is C21H20N2O3. The van der Waals surface area contributed by atoms with Crippen molar-refractivity contribution >= 4 is 5.91 Å². The van der Waals surface area contributed by atoms with Gasteiger partial charge in [0.15, 0.2) is 0 Å². The second kappa shape index (κ2) is 6.81. The Morgan fingerprint density at radius 1 is 1.12 bits per heavy atom. The Labute approximate surface area is 152 Å². The van der Waals surface area contributed by atoms with E-state index in [0.717, 1.165) is 19.4 Å². The molecule has 2 fully saturated rings. The number of amides is 1. The molecule has 2 aliphatic rings. The fourth-order valence-corrected chi connectivity index (χ4v) is 4.01.